The molecule has 35 heavy (non-hydrogen) atoms. The summed E-state index contributed by atoms with van der Waals surface area (Å²) < 4.78 is 4.53. The molecule has 1 saturated heterocycles. The predicted molar refractivity (Wildman–Crippen MR) is 128 cm³/mol. The number of amides is 2. The Hall–Kier alpha value is -4.05. The number of β-amino-alcohol motifs (C(OH)–C–C–N with tert-alkyl or cyclic N) is 1. The van der Waals surface area contributed by atoms with Gasteiger partial charge in [-0.2, -0.15) is 5.11 Å². The third-order valence-electron chi connectivity index (χ3n) is 5.65. The first-order valence-corrected chi connectivity index (χ1v) is 11.2. The van der Waals surface area contributed by atoms with Crippen molar-refractivity contribution < 1.29 is 24.2 Å². The van der Waals surface area contributed by atoms with Crippen molar-refractivity contribution in [2.45, 2.75) is 31.5 Å². The molecule has 0 spiro atoms. The van der Waals surface area contributed by atoms with E-state index in [1.54, 1.807) is 0 Å². The van der Waals surface area contributed by atoms with Crippen LogP contribution in [-0.2, 0) is 25.7 Å². The maximum atomic E-state index is 12.8. The van der Waals surface area contributed by atoms with Crippen LogP contribution in [0.4, 0.5) is 0 Å². The van der Waals surface area contributed by atoms with E-state index in [1.807, 2.05) is 54.6 Å². The van der Waals surface area contributed by atoms with E-state index in [0.29, 0.717) is 6.54 Å². The Labute approximate surface area is 203 Å². The normalized spacial score (nSPS) is 17.5. The number of methoxy groups -OCH3 is 1. The van der Waals surface area contributed by atoms with Crippen LogP contribution in [0.5, 0.6) is 0 Å². The zero-order chi connectivity index (χ0) is 25.2. The largest absolute Gasteiger partial charge is 0.469 e. The first-order chi connectivity index (χ1) is 16.9. The van der Waals surface area contributed by atoms with Gasteiger partial charge < -0.3 is 25.4 Å². The molecule has 3 rings (SSSR count). The fourth-order valence-electron chi connectivity index (χ4n) is 3.79. The van der Waals surface area contributed by atoms with Gasteiger partial charge in [0.25, 0.3) is 0 Å². The quantitative estimate of drug-likeness (QED) is 0.303. The molecule has 1 fully saturated rings. The number of benzene rings is 2. The molecule has 2 aromatic carbocycles. The number of aliphatic hydroxyl groups is 1. The van der Waals surface area contributed by atoms with Crippen LogP contribution in [0.2, 0.25) is 0 Å². The number of aliphatic hydroxyl groups excluding tert-OH is 1. The molecule has 184 valence electrons. The van der Waals surface area contributed by atoms with Crippen LogP contribution < -0.4 is 10.6 Å². The molecular formula is C25H29N5O5. The first-order valence-electron chi connectivity index (χ1n) is 11.2. The lowest BCUT2D eigenvalue weighted by Crippen LogP contribution is -2.48. The Morgan fingerprint density at radius 1 is 1.14 bits per heavy atom. The molecule has 2 atom stereocenters. The molecule has 0 saturated carbocycles. The van der Waals surface area contributed by atoms with E-state index < -0.39 is 24.0 Å². The molecule has 2 amide bonds. The van der Waals surface area contributed by atoms with Crippen molar-refractivity contribution in [1.29, 1.82) is 5.53 Å². The van der Waals surface area contributed by atoms with E-state index >= 15 is 0 Å². The summed E-state index contributed by atoms with van der Waals surface area (Å²) in [6.45, 7) is 0.162. The van der Waals surface area contributed by atoms with Crippen LogP contribution in [0, 0.1) is 5.53 Å². The van der Waals surface area contributed by atoms with Crippen molar-refractivity contribution in [3.8, 4) is 11.1 Å². The molecule has 1 aliphatic heterocycles. The van der Waals surface area contributed by atoms with E-state index in [2.05, 4.69) is 20.5 Å². The first kappa shape index (κ1) is 25.6. The maximum absolute atomic E-state index is 12.8. The molecule has 4 N–H and O–H groups in total. The lowest BCUT2D eigenvalue weighted by Gasteiger charge is -2.23. The van der Waals surface area contributed by atoms with Crippen molar-refractivity contribution in [3.63, 3.8) is 0 Å². The Kier molecular flexibility index (Phi) is 9.08. The van der Waals surface area contributed by atoms with Gasteiger partial charge in [0.2, 0.25) is 11.8 Å². The maximum Gasteiger partial charge on any atom is 0.311 e. The predicted octanol–water partition coefficient (Wildman–Crippen LogP) is 1.96. The third-order valence-corrected chi connectivity index (χ3v) is 5.65. The number of nitrogens with one attached hydrogen (secondary N) is 3. The van der Waals surface area contributed by atoms with Gasteiger partial charge in [-0.15, -0.1) is 0 Å². The molecule has 10 nitrogen and oxygen atoms in total. The molecule has 2 aromatic rings. The van der Waals surface area contributed by atoms with Crippen LogP contribution in [0.15, 0.2) is 71.6 Å². The minimum Gasteiger partial charge on any atom is -0.469 e. The number of rotatable bonds is 10. The molecule has 1 heterocycles. The highest BCUT2D eigenvalue weighted by atomic mass is 16.5. The van der Waals surface area contributed by atoms with E-state index in [4.69, 9.17) is 5.53 Å². The van der Waals surface area contributed by atoms with Crippen LogP contribution in [-0.4, -0.2) is 60.1 Å². The number of hydrogen-bond acceptors (Lipinski definition) is 8. The molecule has 10 heteroatoms. The molecule has 1 aliphatic rings. The van der Waals surface area contributed by atoms with Crippen LogP contribution >= 0.6 is 0 Å². The Balaban J connectivity index is 1.54. The average molecular weight is 480 g/mol. The molecule has 0 unspecified atom stereocenters. The van der Waals surface area contributed by atoms with Crippen molar-refractivity contribution in [2.75, 3.05) is 20.2 Å². The number of ether oxygens (including phenoxy) is 1. The minimum atomic E-state index is -0.798. The summed E-state index contributed by atoms with van der Waals surface area (Å²) in [5.74, 6) is -1.30. The summed E-state index contributed by atoms with van der Waals surface area (Å²) in [4.78, 5) is 38.1. The van der Waals surface area contributed by atoms with Gasteiger partial charge in [0.15, 0.2) is 0 Å². The Morgan fingerprint density at radius 3 is 2.49 bits per heavy atom. The van der Waals surface area contributed by atoms with Crippen molar-refractivity contribution >= 4 is 17.8 Å². The van der Waals surface area contributed by atoms with E-state index in [0.717, 1.165) is 16.7 Å². The highest BCUT2D eigenvalue weighted by molar-refractivity contribution is 5.89. The summed E-state index contributed by atoms with van der Waals surface area (Å²) in [7, 11) is 1.23. The fourth-order valence-corrected chi connectivity index (χ4v) is 3.79. The monoisotopic (exact) mass is 479 g/mol. The van der Waals surface area contributed by atoms with Gasteiger partial charge in [-0.1, -0.05) is 54.6 Å². The average Bonchev–Trinajstić information content (AvgIpc) is 3.29. The number of likely N-dealkylation sites (tertiary alicyclic amines) is 1. The molecule has 0 bridgehead atoms. The number of nitrogens with zero attached hydrogens (tertiary/aromatic N) is 2. The van der Waals surface area contributed by atoms with Gasteiger partial charge in [-0.25, -0.2) is 5.53 Å². The topological polar surface area (TPSA) is 144 Å². The summed E-state index contributed by atoms with van der Waals surface area (Å²) >= 11 is 0. The van der Waals surface area contributed by atoms with Gasteiger partial charge in [0.1, 0.15) is 6.04 Å². The molecular weight excluding hydrogens is 450 g/mol. The summed E-state index contributed by atoms with van der Waals surface area (Å²) in [5.41, 5.74) is 10.3. The molecule has 0 aliphatic carbocycles. The number of esters is 1. The Morgan fingerprint density at radius 2 is 1.83 bits per heavy atom. The second-order valence-electron chi connectivity index (χ2n) is 8.11. The summed E-state index contributed by atoms with van der Waals surface area (Å²) in [5, 5.41) is 18.8. The fraction of sp³-hybridized carbons (Fsp3) is 0.320. The van der Waals surface area contributed by atoms with Crippen LogP contribution in [0.25, 0.3) is 11.1 Å². The van der Waals surface area contributed by atoms with Gasteiger partial charge in [-0.05, 0) is 16.7 Å². The summed E-state index contributed by atoms with van der Waals surface area (Å²) in [6.07, 6.45) is 0.424. The molecule has 0 aromatic heterocycles. The van der Waals surface area contributed by atoms with Crippen LogP contribution in [0.3, 0.4) is 0 Å². The second kappa shape index (κ2) is 12.4. The molecule has 0 radical (unpaired) electrons. The highest BCUT2D eigenvalue weighted by Gasteiger charge is 2.38. The number of carbonyl (C=O) groups excluding carboxylic acids is 3. The third kappa shape index (κ3) is 7.21. The van der Waals surface area contributed by atoms with Crippen molar-refractivity contribution in [1.82, 2.24) is 15.5 Å². The number of carbonyl (C=O) groups is 3. The lowest BCUT2D eigenvalue weighted by atomic mass is 10.0. The standard InChI is InChI=1S/C25H29N5O5/c1-35-24(33)11-20(29-26)14-27-15-23(32)30-16-21(31)12-22(30)25(34)28-13-17-7-9-19(10-8-17)18-5-3-2-4-6-18/h2-10,14,21-22,26-27,31H,11-13,15-16H2,1H3,(H,28,34)/b20-14-,29-26?/t21-,22+/m1/s1. The zero-order valence-corrected chi connectivity index (χ0v) is 19.4. The van der Waals surface area contributed by atoms with Gasteiger partial charge >= 0.3 is 5.97 Å². The summed E-state index contributed by atoms with van der Waals surface area (Å²) in [6, 6.07) is 17.0. The highest BCUT2D eigenvalue weighted by Crippen LogP contribution is 2.20. The minimum absolute atomic E-state index is 0.0475. The van der Waals surface area contributed by atoms with Crippen LogP contribution in [0.1, 0.15) is 18.4 Å². The van der Waals surface area contributed by atoms with E-state index in [-0.39, 0.29) is 37.5 Å². The Bertz CT molecular complexity index is 1070. The SMILES string of the molecule is COC(=O)C/C(=C/NCC(=O)N1C[C@H](O)C[C@H]1C(=O)NCc1ccc(-c2ccccc2)cc1)N=N. The van der Waals surface area contributed by atoms with Gasteiger partial charge in [-0.3, -0.25) is 14.4 Å². The zero-order valence-electron chi connectivity index (χ0n) is 19.4. The van der Waals surface area contributed by atoms with E-state index in [1.165, 1.54) is 18.2 Å². The number of hydrogen-bond donors (Lipinski definition) is 4. The van der Waals surface area contributed by atoms with Gasteiger partial charge in [0.05, 0.1) is 31.9 Å². The second-order valence-corrected chi connectivity index (χ2v) is 8.11. The van der Waals surface area contributed by atoms with E-state index in [9.17, 15) is 19.5 Å². The van der Waals surface area contributed by atoms with Crippen molar-refractivity contribution in [3.05, 3.63) is 72.1 Å². The smallest absolute Gasteiger partial charge is 0.311 e. The van der Waals surface area contributed by atoms with Crippen molar-refractivity contribution in [2.24, 2.45) is 5.11 Å². The van der Waals surface area contributed by atoms with Gasteiger partial charge in [0, 0.05) is 25.7 Å². The lowest BCUT2D eigenvalue weighted by molar-refractivity contribution is -0.139.